The Hall–Kier alpha value is -1.88. The molecule has 1 saturated carbocycles. The molecule has 1 N–H and O–H groups in total. The van der Waals surface area contributed by atoms with Gasteiger partial charge in [0.05, 0.1) is 0 Å². The van der Waals surface area contributed by atoms with Crippen molar-refractivity contribution in [2.45, 2.75) is 90.7 Å². The van der Waals surface area contributed by atoms with Gasteiger partial charge in [-0.2, -0.15) is 0 Å². The molecule has 0 spiro atoms. The van der Waals surface area contributed by atoms with Crippen molar-refractivity contribution in [1.29, 1.82) is 0 Å². The maximum Gasteiger partial charge on any atom is 0.285 e. The van der Waals surface area contributed by atoms with Crippen LogP contribution < -0.4 is 0 Å². The third-order valence-electron chi connectivity index (χ3n) is 8.38. The van der Waals surface area contributed by atoms with Crippen LogP contribution in [0.2, 0.25) is 0 Å². The summed E-state index contributed by atoms with van der Waals surface area (Å²) in [6.45, 7) is 10.5. The summed E-state index contributed by atoms with van der Waals surface area (Å²) in [7, 11) is 0. The fourth-order valence-corrected chi connectivity index (χ4v) is 6.59. The summed E-state index contributed by atoms with van der Waals surface area (Å²) in [5.74, 6) is -0.151. The summed E-state index contributed by atoms with van der Waals surface area (Å²) >= 11 is 0. The number of ether oxygens (including phenoxy) is 1. The first kappa shape index (κ1) is 23.3. The summed E-state index contributed by atoms with van der Waals surface area (Å²) in [6.07, 6.45) is 13.6. The zero-order valence-corrected chi connectivity index (χ0v) is 19.9. The lowest BCUT2D eigenvalue weighted by atomic mass is 9.61. The van der Waals surface area contributed by atoms with Crippen LogP contribution in [0.4, 0.5) is 0 Å². The molecule has 0 aromatic heterocycles. The number of allylic oxidation sites excluding steroid dienone is 1. The van der Waals surface area contributed by atoms with E-state index in [0.717, 1.165) is 43.6 Å². The molecule has 0 aromatic rings. The first-order chi connectivity index (χ1) is 15.4. The number of amides is 1. The Morgan fingerprint density at radius 2 is 1.97 bits per heavy atom. The van der Waals surface area contributed by atoms with Gasteiger partial charge in [-0.25, -0.2) is 5.06 Å². The fraction of sp³-hybridized carbons (Fsp3) is 0.704. The topological polar surface area (TPSA) is 66.8 Å². The second kappa shape index (κ2) is 9.54. The molecule has 2 aliphatic heterocycles. The van der Waals surface area contributed by atoms with Gasteiger partial charge in [0, 0.05) is 17.8 Å². The highest BCUT2D eigenvalue weighted by atomic mass is 16.5. The maximum atomic E-state index is 13.8. The molecule has 176 valence electrons. The van der Waals surface area contributed by atoms with E-state index in [0.29, 0.717) is 11.7 Å². The lowest BCUT2D eigenvalue weighted by molar-refractivity contribution is -0.170. The van der Waals surface area contributed by atoms with Gasteiger partial charge >= 0.3 is 0 Å². The van der Waals surface area contributed by atoms with E-state index in [9.17, 15) is 14.8 Å². The summed E-state index contributed by atoms with van der Waals surface area (Å²) in [4.78, 5) is 27.0. The van der Waals surface area contributed by atoms with Crippen molar-refractivity contribution in [2.75, 3.05) is 0 Å². The van der Waals surface area contributed by atoms with Gasteiger partial charge < -0.3 is 4.74 Å². The lowest BCUT2D eigenvalue weighted by Gasteiger charge is -2.44. The van der Waals surface area contributed by atoms with Gasteiger partial charge in [-0.05, 0) is 43.6 Å². The molecule has 5 nitrogen and oxygen atoms in total. The molecule has 0 aromatic carbocycles. The van der Waals surface area contributed by atoms with Crippen LogP contribution in [0.15, 0.2) is 35.6 Å². The van der Waals surface area contributed by atoms with Gasteiger partial charge in [0.1, 0.15) is 23.5 Å². The minimum atomic E-state index is -0.658. The fourth-order valence-electron chi connectivity index (χ4n) is 6.59. The third-order valence-corrected chi connectivity index (χ3v) is 8.38. The summed E-state index contributed by atoms with van der Waals surface area (Å²) in [5.41, 5.74) is 1.41. The maximum absolute atomic E-state index is 13.8. The van der Waals surface area contributed by atoms with Gasteiger partial charge in [0.15, 0.2) is 5.78 Å². The molecule has 4 rings (SSSR count). The van der Waals surface area contributed by atoms with Crippen molar-refractivity contribution in [3.63, 3.8) is 0 Å². The van der Waals surface area contributed by atoms with Crippen LogP contribution in [-0.4, -0.2) is 34.1 Å². The molecule has 2 aliphatic carbocycles. The molecule has 1 fully saturated rings. The largest absolute Gasteiger partial charge is 0.487 e. The molecule has 1 amide bonds. The van der Waals surface area contributed by atoms with Crippen molar-refractivity contribution >= 4 is 11.7 Å². The van der Waals surface area contributed by atoms with Gasteiger partial charge in [-0.1, -0.05) is 64.5 Å². The lowest BCUT2D eigenvalue weighted by Crippen LogP contribution is -2.46. The number of rotatable bonds is 8. The third kappa shape index (κ3) is 3.87. The first-order valence-corrected chi connectivity index (χ1v) is 12.7. The molecular formula is C27H39NO4. The Labute approximate surface area is 192 Å². The number of unbranched alkanes of at least 4 members (excludes halogenated alkanes) is 4. The molecule has 5 heteroatoms. The second-order valence-electron chi connectivity index (χ2n) is 10.4. The first-order valence-electron chi connectivity index (χ1n) is 12.7. The van der Waals surface area contributed by atoms with E-state index in [2.05, 4.69) is 33.4 Å². The Kier molecular flexibility index (Phi) is 6.94. The van der Waals surface area contributed by atoms with Crippen molar-refractivity contribution in [1.82, 2.24) is 5.06 Å². The Morgan fingerprint density at radius 1 is 1.22 bits per heavy atom. The van der Waals surface area contributed by atoms with E-state index >= 15 is 0 Å². The smallest absolute Gasteiger partial charge is 0.285 e. The highest BCUT2D eigenvalue weighted by Gasteiger charge is 2.55. The predicted molar refractivity (Wildman–Crippen MR) is 124 cm³/mol. The zero-order chi connectivity index (χ0) is 23.0. The van der Waals surface area contributed by atoms with E-state index < -0.39 is 11.9 Å². The van der Waals surface area contributed by atoms with Crippen LogP contribution in [0.5, 0.6) is 0 Å². The molecule has 0 radical (unpaired) electrons. The summed E-state index contributed by atoms with van der Waals surface area (Å²) < 4.78 is 6.47. The van der Waals surface area contributed by atoms with Crippen LogP contribution in [0, 0.1) is 29.6 Å². The van der Waals surface area contributed by atoms with Crippen molar-refractivity contribution in [3.8, 4) is 0 Å². The Balaban J connectivity index is 1.65. The highest BCUT2D eigenvalue weighted by molar-refractivity contribution is 6.22. The predicted octanol–water partition coefficient (Wildman–Crippen LogP) is 5.60. The number of carbonyl (C=O) groups is 2. The van der Waals surface area contributed by atoms with Crippen LogP contribution in [-0.2, 0) is 14.3 Å². The van der Waals surface area contributed by atoms with Crippen molar-refractivity contribution in [2.24, 2.45) is 29.6 Å². The summed E-state index contributed by atoms with van der Waals surface area (Å²) in [5, 5.41) is 11.6. The SMILES string of the molecule is C=CC(CCCCCCC)C1C2=C(C(=O)C3C(C)C(C=C4CCCC(C)C43)O2)C(=O)N1O. The number of hydrogen-bond acceptors (Lipinski definition) is 4. The zero-order valence-electron chi connectivity index (χ0n) is 19.9. The van der Waals surface area contributed by atoms with E-state index in [1.165, 1.54) is 24.8 Å². The normalized spacial score (nSPS) is 35.0. The second-order valence-corrected chi connectivity index (χ2v) is 10.4. The Bertz CT molecular complexity index is 828. The van der Waals surface area contributed by atoms with E-state index in [1.54, 1.807) is 0 Å². The van der Waals surface area contributed by atoms with Crippen LogP contribution >= 0.6 is 0 Å². The number of hydroxylamine groups is 2. The van der Waals surface area contributed by atoms with Gasteiger partial charge in [-0.15, -0.1) is 6.58 Å². The molecule has 2 heterocycles. The monoisotopic (exact) mass is 441 g/mol. The van der Waals surface area contributed by atoms with Crippen molar-refractivity contribution in [3.05, 3.63) is 35.6 Å². The van der Waals surface area contributed by atoms with Crippen LogP contribution in [0.25, 0.3) is 0 Å². The molecule has 7 unspecified atom stereocenters. The molecule has 2 bridgehead atoms. The standard InChI is InChI=1S/C27H39NO4/c1-5-7-8-9-10-13-18(6-2)24-26-23(27(30)28(24)31)25(29)22-17(4)20(32-26)15-19-14-11-12-16(3)21(19)22/h6,15-18,20-22,24,31H,2,5,7-14H2,1,3-4H3. The number of nitrogens with zero attached hydrogens (tertiary/aromatic N) is 1. The van der Waals surface area contributed by atoms with Gasteiger partial charge in [0.2, 0.25) is 0 Å². The van der Waals surface area contributed by atoms with Crippen LogP contribution in [0.3, 0.4) is 0 Å². The molecule has 32 heavy (non-hydrogen) atoms. The van der Waals surface area contributed by atoms with Crippen molar-refractivity contribution < 1.29 is 19.5 Å². The minimum Gasteiger partial charge on any atom is -0.487 e. The highest BCUT2D eigenvalue weighted by Crippen LogP contribution is 2.51. The molecular weight excluding hydrogens is 402 g/mol. The average Bonchev–Trinajstić information content (AvgIpc) is 2.98. The van der Waals surface area contributed by atoms with E-state index in [4.69, 9.17) is 4.74 Å². The molecule has 0 saturated heterocycles. The quantitative estimate of drug-likeness (QED) is 0.230. The molecule has 4 aliphatic rings. The van der Waals surface area contributed by atoms with E-state index in [-0.39, 0.29) is 41.1 Å². The molecule has 7 atom stereocenters. The Morgan fingerprint density at radius 3 is 2.69 bits per heavy atom. The van der Waals surface area contributed by atoms with Gasteiger partial charge in [0.25, 0.3) is 5.91 Å². The number of hydrogen-bond donors (Lipinski definition) is 1. The van der Waals surface area contributed by atoms with Crippen LogP contribution in [0.1, 0.15) is 78.6 Å². The minimum absolute atomic E-state index is 0.0132. The van der Waals surface area contributed by atoms with Gasteiger partial charge in [-0.3, -0.25) is 14.8 Å². The summed E-state index contributed by atoms with van der Waals surface area (Å²) in [6, 6.07) is -0.658. The number of ketones is 1. The van der Waals surface area contributed by atoms with E-state index in [1.807, 2.05) is 6.08 Å². The number of Topliss-reactive ketones (excluding diaryl/α,β-unsaturated/α-hetero) is 1. The average molecular weight is 442 g/mol. The number of carbonyl (C=O) groups excluding carboxylic acids is 2. The number of fused-ring (bicyclic) bond motifs is 4.